The lowest BCUT2D eigenvalue weighted by atomic mass is 10.1. The summed E-state index contributed by atoms with van der Waals surface area (Å²) in [7, 11) is 0. The van der Waals surface area contributed by atoms with Crippen molar-refractivity contribution in [3.63, 3.8) is 0 Å². The van der Waals surface area contributed by atoms with Crippen LogP contribution in [0.2, 0.25) is 0 Å². The van der Waals surface area contributed by atoms with Crippen LogP contribution in [0, 0.1) is 0 Å². The minimum Gasteiger partial charge on any atom is -0.376 e. The molecule has 1 aromatic rings. The molecule has 1 heterocycles. The topological polar surface area (TPSA) is 67.6 Å². The van der Waals surface area contributed by atoms with E-state index in [1.807, 2.05) is 0 Å². The first-order valence-corrected chi connectivity index (χ1v) is 9.56. The Kier molecular flexibility index (Phi) is 8.94. The summed E-state index contributed by atoms with van der Waals surface area (Å²) in [6, 6.07) is 8.50. The second kappa shape index (κ2) is 11.2. The number of hydrogen-bond donors (Lipinski definition) is 2. The van der Waals surface area contributed by atoms with Gasteiger partial charge in [-0.25, -0.2) is 0 Å². The van der Waals surface area contributed by atoms with Crippen molar-refractivity contribution in [3.05, 3.63) is 35.4 Å². The fraction of sp³-hybridized carbons (Fsp3) is 0.650. The molecule has 1 aromatic carbocycles. The van der Waals surface area contributed by atoms with Crippen LogP contribution in [0.5, 0.6) is 0 Å². The van der Waals surface area contributed by atoms with Crippen LogP contribution >= 0.6 is 0 Å². The summed E-state index contributed by atoms with van der Waals surface area (Å²) in [6.07, 6.45) is 5.11. The molecule has 0 saturated carbocycles. The number of nitrogens with zero attached hydrogens (tertiary/aromatic N) is 1. The highest BCUT2D eigenvalue weighted by Gasteiger charge is 2.16. The molecule has 1 saturated heterocycles. The van der Waals surface area contributed by atoms with Gasteiger partial charge in [0.05, 0.1) is 12.7 Å². The highest BCUT2D eigenvalue weighted by molar-refractivity contribution is 5.75. The van der Waals surface area contributed by atoms with Crippen molar-refractivity contribution >= 4 is 5.91 Å². The number of unbranched alkanes of at least 4 members (excludes halogenated alkanes) is 3. The van der Waals surface area contributed by atoms with E-state index in [4.69, 9.17) is 10.5 Å². The van der Waals surface area contributed by atoms with Crippen LogP contribution in [0.25, 0.3) is 0 Å². The number of ether oxygens (including phenoxy) is 1. The molecule has 1 aliphatic heterocycles. The maximum absolute atomic E-state index is 11.9. The standard InChI is InChI=1S/C20H33N3O2/c1-17-15-23(11-12-25-17)16-19-8-6-7-18(13-19)14-22-20(24)9-4-2-3-5-10-21/h6-8,13,17H,2-5,9-12,14-16,21H2,1H3,(H,22,24). The molecule has 1 atom stereocenters. The van der Waals surface area contributed by atoms with E-state index in [1.165, 1.54) is 5.56 Å². The van der Waals surface area contributed by atoms with Crippen LogP contribution in [-0.2, 0) is 22.6 Å². The molecule has 1 fully saturated rings. The minimum absolute atomic E-state index is 0.139. The molecule has 0 bridgehead atoms. The number of benzene rings is 1. The molecule has 140 valence electrons. The number of carbonyl (C=O) groups excluding carboxylic acids is 1. The Bertz CT molecular complexity index is 521. The predicted octanol–water partition coefficient (Wildman–Crippen LogP) is 2.43. The van der Waals surface area contributed by atoms with Crippen molar-refractivity contribution in [2.75, 3.05) is 26.2 Å². The smallest absolute Gasteiger partial charge is 0.220 e. The number of morpholine rings is 1. The Hall–Kier alpha value is -1.43. The maximum atomic E-state index is 11.9. The van der Waals surface area contributed by atoms with Gasteiger partial charge in [-0.15, -0.1) is 0 Å². The summed E-state index contributed by atoms with van der Waals surface area (Å²) in [6.45, 7) is 7.18. The number of carbonyl (C=O) groups is 1. The molecular weight excluding hydrogens is 314 g/mol. The van der Waals surface area contributed by atoms with Crippen LogP contribution in [0.4, 0.5) is 0 Å². The first-order valence-electron chi connectivity index (χ1n) is 9.56. The van der Waals surface area contributed by atoms with Crippen LogP contribution in [-0.4, -0.2) is 43.2 Å². The average Bonchev–Trinajstić information content (AvgIpc) is 2.60. The lowest BCUT2D eigenvalue weighted by Gasteiger charge is -2.31. The van der Waals surface area contributed by atoms with E-state index in [0.717, 1.165) is 64.0 Å². The fourth-order valence-electron chi connectivity index (χ4n) is 3.20. The zero-order valence-corrected chi connectivity index (χ0v) is 15.5. The fourth-order valence-corrected chi connectivity index (χ4v) is 3.20. The first-order chi connectivity index (χ1) is 12.2. The van der Waals surface area contributed by atoms with E-state index in [1.54, 1.807) is 0 Å². The molecule has 5 nitrogen and oxygen atoms in total. The molecule has 2 rings (SSSR count). The van der Waals surface area contributed by atoms with Gasteiger partial charge in [-0.2, -0.15) is 0 Å². The van der Waals surface area contributed by atoms with Gasteiger partial charge in [-0.05, 0) is 37.4 Å². The molecule has 3 N–H and O–H groups in total. The Balaban J connectivity index is 1.70. The van der Waals surface area contributed by atoms with Crippen molar-refractivity contribution < 1.29 is 9.53 Å². The van der Waals surface area contributed by atoms with E-state index in [-0.39, 0.29) is 5.91 Å². The second-order valence-corrected chi connectivity index (χ2v) is 6.97. The van der Waals surface area contributed by atoms with Gasteiger partial charge in [0.15, 0.2) is 0 Å². The number of hydrogen-bond acceptors (Lipinski definition) is 4. The summed E-state index contributed by atoms with van der Waals surface area (Å²) in [4.78, 5) is 14.4. The summed E-state index contributed by atoms with van der Waals surface area (Å²) in [5.74, 6) is 0.139. The number of amides is 1. The third kappa shape index (κ3) is 7.99. The monoisotopic (exact) mass is 347 g/mol. The van der Waals surface area contributed by atoms with Crippen LogP contribution < -0.4 is 11.1 Å². The van der Waals surface area contributed by atoms with Crippen molar-refractivity contribution in [3.8, 4) is 0 Å². The molecule has 0 radical (unpaired) electrons. The van der Waals surface area contributed by atoms with Crippen LogP contribution in [0.1, 0.15) is 50.2 Å². The maximum Gasteiger partial charge on any atom is 0.220 e. The summed E-state index contributed by atoms with van der Waals surface area (Å²) >= 11 is 0. The van der Waals surface area contributed by atoms with Crippen molar-refractivity contribution in [1.82, 2.24) is 10.2 Å². The van der Waals surface area contributed by atoms with Crippen molar-refractivity contribution in [2.45, 2.75) is 58.2 Å². The third-order valence-corrected chi connectivity index (χ3v) is 4.57. The number of rotatable bonds is 10. The zero-order chi connectivity index (χ0) is 17.9. The molecule has 1 amide bonds. The summed E-state index contributed by atoms with van der Waals surface area (Å²) < 4.78 is 5.59. The molecule has 0 aromatic heterocycles. The van der Waals surface area contributed by atoms with Gasteiger partial charge >= 0.3 is 0 Å². The normalized spacial score (nSPS) is 18.2. The van der Waals surface area contributed by atoms with Gasteiger partial charge in [0.2, 0.25) is 5.91 Å². The lowest BCUT2D eigenvalue weighted by Crippen LogP contribution is -2.40. The Labute approximate surface area is 151 Å². The van der Waals surface area contributed by atoms with E-state index < -0.39 is 0 Å². The van der Waals surface area contributed by atoms with Gasteiger partial charge in [0.1, 0.15) is 0 Å². The quantitative estimate of drug-likeness (QED) is 0.638. The van der Waals surface area contributed by atoms with E-state index in [0.29, 0.717) is 19.1 Å². The van der Waals surface area contributed by atoms with Crippen molar-refractivity contribution in [2.24, 2.45) is 5.73 Å². The van der Waals surface area contributed by atoms with Crippen LogP contribution in [0.3, 0.4) is 0 Å². The summed E-state index contributed by atoms with van der Waals surface area (Å²) in [5, 5.41) is 3.03. The zero-order valence-electron chi connectivity index (χ0n) is 15.5. The highest BCUT2D eigenvalue weighted by Crippen LogP contribution is 2.12. The third-order valence-electron chi connectivity index (χ3n) is 4.57. The van der Waals surface area contributed by atoms with Crippen molar-refractivity contribution in [1.29, 1.82) is 0 Å². The van der Waals surface area contributed by atoms with Crippen LogP contribution in [0.15, 0.2) is 24.3 Å². The largest absolute Gasteiger partial charge is 0.376 e. The first kappa shape index (κ1) is 19.9. The molecule has 0 spiro atoms. The predicted molar refractivity (Wildman–Crippen MR) is 101 cm³/mol. The Morgan fingerprint density at radius 2 is 2.08 bits per heavy atom. The SMILES string of the molecule is CC1CN(Cc2cccc(CNC(=O)CCCCCCN)c2)CCO1. The molecule has 5 heteroatoms. The van der Waals surface area contributed by atoms with Gasteiger partial charge in [0.25, 0.3) is 0 Å². The Morgan fingerprint density at radius 1 is 1.28 bits per heavy atom. The molecule has 1 aliphatic rings. The second-order valence-electron chi connectivity index (χ2n) is 6.97. The van der Waals surface area contributed by atoms with Gasteiger partial charge in [0, 0.05) is 32.6 Å². The molecule has 1 unspecified atom stereocenters. The highest BCUT2D eigenvalue weighted by atomic mass is 16.5. The van der Waals surface area contributed by atoms with Gasteiger partial charge in [-0.1, -0.05) is 37.1 Å². The molecule has 25 heavy (non-hydrogen) atoms. The molecular formula is C20H33N3O2. The van der Waals surface area contributed by atoms with E-state index in [2.05, 4.69) is 41.4 Å². The lowest BCUT2D eigenvalue weighted by molar-refractivity contribution is -0.121. The Morgan fingerprint density at radius 3 is 2.88 bits per heavy atom. The van der Waals surface area contributed by atoms with Gasteiger partial charge in [-0.3, -0.25) is 9.69 Å². The molecule has 0 aliphatic carbocycles. The summed E-state index contributed by atoms with van der Waals surface area (Å²) in [5.41, 5.74) is 7.93. The minimum atomic E-state index is 0.139. The average molecular weight is 348 g/mol. The number of nitrogens with two attached hydrogens (primary N) is 1. The van der Waals surface area contributed by atoms with Gasteiger partial charge < -0.3 is 15.8 Å². The number of nitrogens with one attached hydrogen (secondary N) is 1. The van der Waals surface area contributed by atoms with E-state index in [9.17, 15) is 4.79 Å². The van der Waals surface area contributed by atoms with E-state index >= 15 is 0 Å².